The van der Waals surface area contributed by atoms with Gasteiger partial charge in [0.25, 0.3) is 11.6 Å². The van der Waals surface area contributed by atoms with E-state index in [0.29, 0.717) is 10.6 Å². The van der Waals surface area contributed by atoms with Crippen LogP contribution in [-0.2, 0) is 11.4 Å². The van der Waals surface area contributed by atoms with Gasteiger partial charge in [0, 0.05) is 22.7 Å². The molecule has 11 heteroatoms. The third-order valence-corrected chi connectivity index (χ3v) is 5.63. The molecule has 1 N–H and O–H groups in total. The number of halogens is 3. The van der Waals surface area contributed by atoms with Crippen molar-refractivity contribution in [3.05, 3.63) is 96.5 Å². The van der Waals surface area contributed by atoms with Gasteiger partial charge < -0.3 is 14.8 Å². The minimum Gasteiger partial charge on any atom is -0.493 e. The van der Waals surface area contributed by atoms with E-state index in [1.165, 1.54) is 31.4 Å². The summed E-state index contributed by atoms with van der Waals surface area (Å²) >= 11 is 18.6. The molecule has 3 aromatic rings. The Morgan fingerprint density at radius 3 is 2.49 bits per heavy atom. The zero-order valence-corrected chi connectivity index (χ0v) is 20.3. The monoisotopic (exact) mass is 531 g/mol. The largest absolute Gasteiger partial charge is 0.493 e. The lowest BCUT2D eigenvalue weighted by Crippen LogP contribution is -2.13. The zero-order valence-electron chi connectivity index (χ0n) is 18.1. The fourth-order valence-electron chi connectivity index (χ4n) is 2.95. The maximum Gasteiger partial charge on any atom is 0.271 e. The van der Waals surface area contributed by atoms with Gasteiger partial charge in [0.15, 0.2) is 11.5 Å². The summed E-state index contributed by atoms with van der Waals surface area (Å²) in [5, 5.41) is 23.5. The minimum absolute atomic E-state index is 0.0467. The van der Waals surface area contributed by atoms with Gasteiger partial charge in [-0.25, -0.2) is 0 Å². The van der Waals surface area contributed by atoms with Crippen molar-refractivity contribution in [1.82, 2.24) is 0 Å². The molecule has 0 saturated heterocycles. The second kappa shape index (κ2) is 11.6. The standard InChI is InChI=1S/C24H16Cl3N3O5/c1-34-22-10-14(9-20(27)23(22)35-13-15-4-2-3-5-18(15)25)8-16(12-28)24(31)29-21-7-6-17(30(32)33)11-19(21)26/h2-11H,13H2,1H3,(H,29,31)/b16-8-. The van der Waals surface area contributed by atoms with E-state index in [2.05, 4.69) is 5.32 Å². The second-order valence-corrected chi connectivity index (χ2v) is 8.18. The number of non-ortho nitro benzene ring substituents is 1. The quantitative estimate of drug-likeness (QED) is 0.150. The topological polar surface area (TPSA) is 114 Å². The van der Waals surface area contributed by atoms with Crippen LogP contribution in [0, 0.1) is 21.4 Å². The Morgan fingerprint density at radius 1 is 1.11 bits per heavy atom. The zero-order chi connectivity index (χ0) is 25.5. The predicted molar refractivity (Wildman–Crippen MR) is 134 cm³/mol. The van der Waals surface area contributed by atoms with Crippen LogP contribution in [0.2, 0.25) is 15.1 Å². The summed E-state index contributed by atoms with van der Waals surface area (Å²) in [5.74, 6) is -0.212. The molecule has 8 nitrogen and oxygen atoms in total. The van der Waals surface area contributed by atoms with Crippen molar-refractivity contribution in [2.24, 2.45) is 0 Å². The Hall–Kier alpha value is -3.77. The first kappa shape index (κ1) is 25.8. The van der Waals surface area contributed by atoms with Crippen LogP contribution in [0.15, 0.2) is 60.2 Å². The number of carbonyl (C=O) groups is 1. The van der Waals surface area contributed by atoms with Crippen LogP contribution >= 0.6 is 34.8 Å². The lowest BCUT2D eigenvalue weighted by Gasteiger charge is -2.14. The maximum atomic E-state index is 12.6. The number of nitro groups is 1. The summed E-state index contributed by atoms with van der Waals surface area (Å²) in [4.78, 5) is 22.9. The fourth-order valence-corrected chi connectivity index (χ4v) is 3.64. The molecule has 0 radical (unpaired) electrons. The van der Waals surface area contributed by atoms with Crippen molar-refractivity contribution in [3.63, 3.8) is 0 Å². The molecule has 35 heavy (non-hydrogen) atoms. The third-order valence-electron chi connectivity index (χ3n) is 4.67. The van der Waals surface area contributed by atoms with Crippen LogP contribution in [-0.4, -0.2) is 17.9 Å². The Labute approximate surface area is 215 Å². The van der Waals surface area contributed by atoms with E-state index in [0.717, 1.165) is 11.6 Å². The maximum absolute atomic E-state index is 12.6. The number of amides is 1. The highest BCUT2D eigenvalue weighted by molar-refractivity contribution is 6.34. The third kappa shape index (κ3) is 6.43. The molecule has 0 fully saturated rings. The van der Waals surface area contributed by atoms with Gasteiger partial charge in [-0.1, -0.05) is 53.0 Å². The van der Waals surface area contributed by atoms with E-state index in [1.54, 1.807) is 18.2 Å². The molecule has 0 aliphatic rings. The van der Waals surface area contributed by atoms with Gasteiger partial charge in [0.1, 0.15) is 18.2 Å². The summed E-state index contributed by atoms with van der Waals surface area (Å²) in [6.45, 7) is 0.146. The molecular weight excluding hydrogens is 517 g/mol. The van der Waals surface area contributed by atoms with Gasteiger partial charge in [0.2, 0.25) is 0 Å². The number of rotatable bonds is 8. The van der Waals surface area contributed by atoms with Crippen molar-refractivity contribution in [2.75, 3.05) is 12.4 Å². The normalized spacial score (nSPS) is 10.9. The van der Waals surface area contributed by atoms with Crippen molar-refractivity contribution in [3.8, 4) is 17.6 Å². The van der Waals surface area contributed by atoms with E-state index in [9.17, 15) is 20.2 Å². The summed E-state index contributed by atoms with van der Waals surface area (Å²) in [6.07, 6.45) is 1.31. The first-order chi connectivity index (χ1) is 16.7. The average Bonchev–Trinajstić information content (AvgIpc) is 2.83. The second-order valence-electron chi connectivity index (χ2n) is 6.96. The smallest absolute Gasteiger partial charge is 0.271 e. The number of ether oxygens (including phenoxy) is 2. The van der Waals surface area contributed by atoms with Crippen LogP contribution in [0.25, 0.3) is 6.08 Å². The van der Waals surface area contributed by atoms with E-state index in [-0.39, 0.29) is 45.1 Å². The van der Waals surface area contributed by atoms with Gasteiger partial charge in [-0.3, -0.25) is 14.9 Å². The van der Waals surface area contributed by atoms with Crippen molar-refractivity contribution < 1.29 is 19.2 Å². The summed E-state index contributed by atoms with van der Waals surface area (Å²) in [5.41, 5.74) is 0.773. The van der Waals surface area contributed by atoms with Crippen LogP contribution in [0.5, 0.6) is 11.5 Å². The molecule has 0 unspecified atom stereocenters. The van der Waals surface area contributed by atoms with Crippen molar-refractivity contribution >= 4 is 58.2 Å². The van der Waals surface area contributed by atoms with E-state index in [4.69, 9.17) is 44.3 Å². The van der Waals surface area contributed by atoms with Gasteiger partial charge in [-0.15, -0.1) is 0 Å². The first-order valence-corrected chi connectivity index (χ1v) is 11.0. The highest BCUT2D eigenvalue weighted by Gasteiger charge is 2.17. The number of hydrogen-bond donors (Lipinski definition) is 1. The van der Waals surface area contributed by atoms with Crippen LogP contribution in [0.1, 0.15) is 11.1 Å². The Bertz CT molecular complexity index is 1370. The Kier molecular flexibility index (Phi) is 8.55. The number of carbonyl (C=O) groups excluding carboxylic acids is 1. The molecule has 0 aliphatic heterocycles. The Morgan fingerprint density at radius 2 is 1.86 bits per heavy atom. The molecular formula is C24H16Cl3N3O5. The van der Waals surface area contributed by atoms with E-state index < -0.39 is 10.8 Å². The van der Waals surface area contributed by atoms with Crippen molar-refractivity contribution in [1.29, 1.82) is 5.26 Å². The summed E-state index contributed by atoms with van der Waals surface area (Å²) in [7, 11) is 1.43. The number of nitrogens with zero attached hydrogens (tertiary/aromatic N) is 2. The molecule has 0 aromatic heterocycles. The molecule has 0 heterocycles. The first-order valence-electron chi connectivity index (χ1n) is 9.84. The van der Waals surface area contributed by atoms with Crippen LogP contribution in [0.3, 0.4) is 0 Å². The van der Waals surface area contributed by atoms with Gasteiger partial charge >= 0.3 is 0 Å². The average molecular weight is 533 g/mol. The number of nitro benzene ring substituents is 1. The van der Waals surface area contributed by atoms with E-state index in [1.807, 2.05) is 18.2 Å². The Balaban J connectivity index is 1.83. The van der Waals surface area contributed by atoms with Crippen LogP contribution in [0.4, 0.5) is 11.4 Å². The molecule has 3 aromatic carbocycles. The summed E-state index contributed by atoms with van der Waals surface area (Å²) < 4.78 is 11.2. The van der Waals surface area contributed by atoms with Gasteiger partial charge in [0.05, 0.1) is 27.8 Å². The molecule has 0 atom stereocenters. The molecule has 0 aliphatic carbocycles. The SMILES string of the molecule is COc1cc(/C=C(/C#N)C(=O)Nc2ccc([N+](=O)[O-])cc2Cl)cc(Cl)c1OCc1ccccc1Cl. The molecule has 178 valence electrons. The van der Waals surface area contributed by atoms with E-state index >= 15 is 0 Å². The molecule has 0 saturated carbocycles. The van der Waals surface area contributed by atoms with Gasteiger partial charge in [-0.05, 0) is 35.9 Å². The van der Waals surface area contributed by atoms with Gasteiger partial charge in [-0.2, -0.15) is 5.26 Å². The fraction of sp³-hybridized carbons (Fsp3) is 0.0833. The lowest BCUT2D eigenvalue weighted by molar-refractivity contribution is -0.384. The molecule has 0 spiro atoms. The predicted octanol–water partition coefficient (Wildman–Crippen LogP) is 6.69. The van der Waals surface area contributed by atoms with Crippen molar-refractivity contribution in [2.45, 2.75) is 6.61 Å². The lowest BCUT2D eigenvalue weighted by atomic mass is 10.1. The highest BCUT2D eigenvalue weighted by Crippen LogP contribution is 2.38. The number of methoxy groups -OCH3 is 1. The minimum atomic E-state index is -0.766. The number of nitriles is 1. The molecule has 3 rings (SSSR count). The number of nitrogens with one attached hydrogen (secondary N) is 1. The van der Waals surface area contributed by atoms with Crippen LogP contribution < -0.4 is 14.8 Å². The molecule has 1 amide bonds. The number of benzene rings is 3. The number of hydrogen-bond acceptors (Lipinski definition) is 6. The number of anilines is 1. The highest BCUT2D eigenvalue weighted by atomic mass is 35.5. The molecule has 0 bridgehead atoms. The summed E-state index contributed by atoms with van der Waals surface area (Å²) in [6, 6.07) is 15.6.